The maximum absolute atomic E-state index is 4.41. The topological polar surface area (TPSA) is 37.2 Å². The van der Waals surface area contributed by atoms with Gasteiger partial charge in [-0.3, -0.25) is 9.80 Å². The highest BCUT2D eigenvalue weighted by atomic mass is 15.3. The second kappa shape index (κ2) is 4.28. The van der Waals surface area contributed by atoms with Crippen molar-refractivity contribution in [3.8, 4) is 0 Å². The number of rotatable bonds is 3. The highest BCUT2D eigenvalue weighted by molar-refractivity contribution is 5.03. The third-order valence-corrected chi connectivity index (χ3v) is 5.70. The number of likely N-dealkylation sites (tertiary alicyclic amines) is 2. The van der Waals surface area contributed by atoms with Crippen LogP contribution in [0, 0.1) is 11.8 Å². The van der Waals surface area contributed by atoms with Crippen molar-refractivity contribution in [3.63, 3.8) is 0 Å². The van der Waals surface area contributed by atoms with Crippen LogP contribution in [-0.2, 0) is 19.5 Å². The van der Waals surface area contributed by atoms with Crippen molar-refractivity contribution in [2.75, 3.05) is 26.2 Å². The zero-order valence-electron chi connectivity index (χ0n) is 12.0. The Balaban J connectivity index is 1.24. The van der Waals surface area contributed by atoms with Crippen LogP contribution in [0.1, 0.15) is 30.9 Å². The molecule has 0 spiro atoms. The van der Waals surface area contributed by atoms with Gasteiger partial charge in [-0.2, -0.15) is 0 Å². The molecule has 2 atom stereocenters. The summed E-state index contributed by atoms with van der Waals surface area (Å²) in [6.45, 7) is 7.40. The molecule has 20 heavy (non-hydrogen) atoms. The summed E-state index contributed by atoms with van der Waals surface area (Å²) < 4.78 is 2.35. The van der Waals surface area contributed by atoms with Gasteiger partial charge in [-0.1, -0.05) is 0 Å². The van der Waals surface area contributed by atoms with Crippen molar-refractivity contribution in [1.29, 1.82) is 0 Å². The van der Waals surface area contributed by atoms with E-state index in [0.29, 0.717) is 0 Å². The minimum absolute atomic E-state index is 0.913. The molecule has 0 radical (unpaired) electrons. The molecule has 5 nitrogen and oxygen atoms in total. The Morgan fingerprint density at radius 2 is 1.80 bits per heavy atom. The Kier molecular flexibility index (Phi) is 2.50. The molecule has 1 aromatic rings. The Bertz CT molecular complexity index is 506. The van der Waals surface area contributed by atoms with E-state index < -0.39 is 0 Å². The highest BCUT2D eigenvalue weighted by Gasteiger charge is 2.44. The van der Waals surface area contributed by atoms with Gasteiger partial charge in [0, 0.05) is 45.2 Å². The smallest absolute Gasteiger partial charge is 0.147 e. The van der Waals surface area contributed by atoms with Crippen LogP contribution in [-0.4, -0.2) is 56.8 Å². The van der Waals surface area contributed by atoms with E-state index in [1.54, 1.807) is 0 Å². The average Bonchev–Trinajstić information content (AvgIpc) is 2.77. The first kappa shape index (κ1) is 11.7. The maximum atomic E-state index is 4.41. The molecule has 0 bridgehead atoms. The molecule has 0 N–H and O–H groups in total. The molecule has 0 aromatic carbocycles. The van der Waals surface area contributed by atoms with E-state index in [2.05, 4.69) is 24.6 Å². The molecule has 4 heterocycles. The fourth-order valence-electron chi connectivity index (χ4n) is 4.52. The van der Waals surface area contributed by atoms with E-state index in [0.717, 1.165) is 37.4 Å². The van der Waals surface area contributed by atoms with Crippen LogP contribution in [0.25, 0.3) is 0 Å². The van der Waals surface area contributed by atoms with E-state index >= 15 is 0 Å². The monoisotopic (exact) mass is 273 g/mol. The zero-order chi connectivity index (χ0) is 13.1. The summed E-state index contributed by atoms with van der Waals surface area (Å²) in [7, 11) is 0. The van der Waals surface area contributed by atoms with Crippen molar-refractivity contribution < 1.29 is 0 Å². The van der Waals surface area contributed by atoms with Crippen molar-refractivity contribution in [3.05, 3.63) is 11.6 Å². The molecule has 5 rings (SSSR count). The molecule has 5 heteroatoms. The van der Waals surface area contributed by atoms with Gasteiger partial charge in [0.1, 0.15) is 11.6 Å². The third-order valence-electron chi connectivity index (χ3n) is 5.70. The normalized spacial score (nSPS) is 33.8. The first-order valence-electron chi connectivity index (χ1n) is 8.24. The number of hydrogen-bond acceptors (Lipinski definition) is 4. The van der Waals surface area contributed by atoms with Gasteiger partial charge in [0.05, 0.1) is 6.54 Å². The second-order valence-electron chi connectivity index (χ2n) is 7.19. The summed E-state index contributed by atoms with van der Waals surface area (Å²) in [5.41, 5.74) is 0. The predicted octanol–water partition coefficient (Wildman–Crippen LogP) is 0.750. The molecular weight excluding hydrogens is 250 g/mol. The van der Waals surface area contributed by atoms with Gasteiger partial charge in [-0.15, -0.1) is 10.2 Å². The first-order chi connectivity index (χ1) is 9.87. The molecule has 1 saturated carbocycles. The molecule has 108 valence electrons. The molecule has 4 aliphatic rings. The summed E-state index contributed by atoms with van der Waals surface area (Å²) in [6.07, 6.45) is 5.28. The van der Waals surface area contributed by atoms with E-state index in [9.17, 15) is 0 Å². The fourth-order valence-corrected chi connectivity index (χ4v) is 4.52. The molecular formula is C15H23N5. The lowest BCUT2D eigenvalue weighted by Gasteiger charge is -2.20. The maximum Gasteiger partial charge on any atom is 0.147 e. The number of hydrogen-bond donors (Lipinski definition) is 0. The molecule has 0 amide bonds. The summed E-state index contributed by atoms with van der Waals surface area (Å²) >= 11 is 0. The molecule has 1 aromatic heterocycles. The number of aromatic nitrogens is 3. The number of fused-ring (bicyclic) bond motifs is 2. The highest BCUT2D eigenvalue weighted by Crippen LogP contribution is 2.38. The molecule has 2 saturated heterocycles. The largest absolute Gasteiger partial charge is 0.314 e. The van der Waals surface area contributed by atoms with Crippen LogP contribution in [0.3, 0.4) is 0 Å². The lowest BCUT2D eigenvalue weighted by Crippen LogP contribution is -2.30. The zero-order valence-corrected chi connectivity index (χ0v) is 12.0. The Labute approximate surface area is 119 Å². The lowest BCUT2D eigenvalue weighted by atomic mass is 10.0. The van der Waals surface area contributed by atoms with Crippen molar-refractivity contribution >= 4 is 0 Å². The summed E-state index contributed by atoms with van der Waals surface area (Å²) in [5.74, 6) is 4.24. The SMILES string of the molecule is C1Cc2nnc(CN3CC4CN(C5CC5)CC4C3)n2C1. The van der Waals surface area contributed by atoms with Gasteiger partial charge in [0.2, 0.25) is 0 Å². The van der Waals surface area contributed by atoms with E-state index in [1.165, 1.54) is 57.1 Å². The van der Waals surface area contributed by atoms with Gasteiger partial charge in [0.25, 0.3) is 0 Å². The van der Waals surface area contributed by atoms with Crippen molar-refractivity contribution in [1.82, 2.24) is 24.6 Å². The average molecular weight is 273 g/mol. The Morgan fingerprint density at radius 1 is 1.00 bits per heavy atom. The molecule has 3 fully saturated rings. The number of aryl methyl sites for hydroxylation is 1. The molecule has 2 unspecified atom stereocenters. The third kappa shape index (κ3) is 1.83. The Hall–Kier alpha value is -0.940. The van der Waals surface area contributed by atoms with Gasteiger partial charge in [0.15, 0.2) is 0 Å². The van der Waals surface area contributed by atoms with Gasteiger partial charge < -0.3 is 4.57 Å². The van der Waals surface area contributed by atoms with Crippen molar-refractivity contribution in [2.45, 2.75) is 44.8 Å². The quantitative estimate of drug-likeness (QED) is 0.814. The first-order valence-corrected chi connectivity index (χ1v) is 8.24. The van der Waals surface area contributed by atoms with Gasteiger partial charge >= 0.3 is 0 Å². The minimum Gasteiger partial charge on any atom is -0.314 e. The van der Waals surface area contributed by atoms with Gasteiger partial charge in [-0.25, -0.2) is 0 Å². The summed E-state index contributed by atoms with van der Waals surface area (Å²) in [6, 6.07) is 0.953. The number of nitrogens with zero attached hydrogens (tertiary/aromatic N) is 5. The van der Waals surface area contributed by atoms with Crippen LogP contribution in [0.5, 0.6) is 0 Å². The Morgan fingerprint density at radius 3 is 2.55 bits per heavy atom. The van der Waals surface area contributed by atoms with Crippen LogP contribution >= 0.6 is 0 Å². The molecule has 3 aliphatic heterocycles. The summed E-state index contributed by atoms with van der Waals surface area (Å²) in [4.78, 5) is 5.37. The van der Waals surface area contributed by atoms with Gasteiger partial charge in [-0.05, 0) is 31.1 Å². The second-order valence-corrected chi connectivity index (χ2v) is 7.19. The van der Waals surface area contributed by atoms with E-state index in [4.69, 9.17) is 0 Å². The van der Waals surface area contributed by atoms with Crippen LogP contribution in [0.4, 0.5) is 0 Å². The van der Waals surface area contributed by atoms with E-state index in [-0.39, 0.29) is 0 Å². The predicted molar refractivity (Wildman–Crippen MR) is 75.2 cm³/mol. The molecule has 1 aliphatic carbocycles. The van der Waals surface area contributed by atoms with Crippen LogP contribution in [0.15, 0.2) is 0 Å². The summed E-state index contributed by atoms with van der Waals surface area (Å²) in [5, 5.41) is 8.74. The lowest BCUT2D eigenvalue weighted by molar-refractivity contribution is 0.240. The van der Waals surface area contributed by atoms with E-state index in [1.807, 2.05) is 0 Å². The minimum atomic E-state index is 0.913. The fraction of sp³-hybridized carbons (Fsp3) is 0.867. The van der Waals surface area contributed by atoms with Crippen LogP contribution in [0.2, 0.25) is 0 Å². The van der Waals surface area contributed by atoms with Crippen LogP contribution < -0.4 is 0 Å². The van der Waals surface area contributed by atoms with Crippen molar-refractivity contribution in [2.24, 2.45) is 11.8 Å². The standard InChI is InChI=1S/C15H23N5/c1-2-14-16-17-15(20(14)5-1)10-18-6-11-8-19(13-3-4-13)9-12(11)7-18/h11-13H,1-10H2.